The topological polar surface area (TPSA) is 66.4 Å². The lowest BCUT2D eigenvalue weighted by Crippen LogP contribution is -2.40. The largest absolute Gasteiger partial charge is 0.396 e. The average molecular weight is 261 g/mol. The molecule has 0 radical (unpaired) electrons. The highest BCUT2D eigenvalue weighted by Crippen LogP contribution is 2.23. The fourth-order valence-electron chi connectivity index (χ4n) is 2.31. The highest BCUT2D eigenvalue weighted by atomic mass is 16.3. The second kappa shape index (κ2) is 6.48. The van der Waals surface area contributed by atoms with Crippen molar-refractivity contribution in [3.8, 4) is 0 Å². The first-order valence-corrected chi connectivity index (χ1v) is 6.66. The maximum Gasteiger partial charge on any atom is 0.224 e. The van der Waals surface area contributed by atoms with Crippen molar-refractivity contribution in [3.63, 3.8) is 0 Å². The minimum absolute atomic E-state index is 0.0431. The fourth-order valence-corrected chi connectivity index (χ4v) is 2.31. The molecule has 0 saturated heterocycles. The van der Waals surface area contributed by atoms with Crippen molar-refractivity contribution in [1.82, 2.24) is 5.32 Å². The van der Waals surface area contributed by atoms with Crippen molar-refractivity contribution in [1.29, 1.82) is 0 Å². The number of nitrogens with one attached hydrogen (secondary N) is 1. The van der Waals surface area contributed by atoms with E-state index in [0.29, 0.717) is 25.8 Å². The van der Waals surface area contributed by atoms with Crippen LogP contribution in [-0.2, 0) is 9.59 Å². The van der Waals surface area contributed by atoms with Gasteiger partial charge >= 0.3 is 0 Å². The monoisotopic (exact) mass is 261 g/mol. The molecule has 1 aliphatic rings. The Morgan fingerprint density at radius 2 is 2.00 bits per heavy atom. The number of Topliss-reactive ketones (excluding diaryl/α,β-unsaturated/α-hetero) is 1. The molecule has 4 nitrogen and oxygen atoms in total. The van der Waals surface area contributed by atoms with E-state index in [9.17, 15) is 9.59 Å². The van der Waals surface area contributed by atoms with Crippen molar-refractivity contribution in [2.75, 3.05) is 13.2 Å². The first kappa shape index (κ1) is 13.7. The first-order valence-electron chi connectivity index (χ1n) is 6.66. The summed E-state index contributed by atoms with van der Waals surface area (Å²) in [5, 5.41) is 12.0. The second-order valence-corrected chi connectivity index (χ2v) is 5.01. The Balaban J connectivity index is 1.87. The third kappa shape index (κ3) is 3.64. The lowest BCUT2D eigenvalue weighted by Gasteiger charge is -2.24. The van der Waals surface area contributed by atoms with Gasteiger partial charge in [-0.1, -0.05) is 30.3 Å². The van der Waals surface area contributed by atoms with Gasteiger partial charge in [-0.05, 0) is 12.0 Å². The van der Waals surface area contributed by atoms with Crippen LogP contribution in [0, 0.1) is 5.92 Å². The van der Waals surface area contributed by atoms with Crippen LogP contribution in [0.25, 0.3) is 0 Å². The summed E-state index contributed by atoms with van der Waals surface area (Å²) in [6, 6.07) is 9.84. The highest BCUT2D eigenvalue weighted by Gasteiger charge is 2.32. The molecule has 0 bridgehead atoms. The number of carbonyl (C=O) groups is 2. The summed E-state index contributed by atoms with van der Waals surface area (Å²) in [5.41, 5.74) is 1.11. The standard InChI is InChI=1S/C15H19NO3/c17-7-6-12(11-4-2-1-3-5-11)10-16-15(19)13-8-14(18)9-13/h1-5,12-13,17H,6-10H2,(H,16,19). The van der Waals surface area contributed by atoms with Gasteiger partial charge in [0.2, 0.25) is 5.91 Å². The Morgan fingerprint density at radius 3 is 2.58 bits per heavy atom. The summed E-state index contributed by atoms with van der Waals surface area (Å²) >= 11 is 0. The number of benzene rings is 1. The molecule has 0 aliphatic heterocycles. The number of hydrogen-bond acceptors (Lipinski definition) is 3. The molecule has 2 rings (SSSR count). The zero-order valence-corrected chi connectivity index (χ0v) is 10.8. The Hall–Kier alpha value is -1.68. The predicted octanol–water partition coefficient (Wildman–Crippen LogP) is 1.25. The molecule has 1 amide bonds. The molecule has 1 aromatic rings. The molecule has 1 fully saturated rings. The number of hydrogen-bond donors (Lipinski definition) is 2. The minimum Gasteiger partial charge on any atom is -0.396 e. The predicted molar refractivity (Wildman–Crippen MR) is 71.6 cm³/mol. The van der Waals surface area contributed by atoms with Gasteiger partial charge in [-0.15, -0.1) is 0 Å². The zero-order valence-electron chi connectivity index (χ0n) is 10.8. The van der Waals surface area contributed by atoms with Crippen LogP contribution in [-0.4, -0.2) is 29.9 Å². The quantitative estimate of drug-likeness (QED) is 0.810. The van der Waals surface area contributed by atoms with Gasteiger partial charge in [0.15, 0.2) is 0 Å². The van der Waals surface area contributed by atoms with Gasteiger partial charge in [0.25, 0.3) is 0 Å². The highest BCUT2D eigenvalue weighted by molar-refractivity contribution is 5.96. The van der Waals surface area contributed by atoms with Gasteiger partial charge in [0.1, 0.15) is 5.78 Å². The van der Waals surface area contributed by atoms with Crippen molar-refractivity contribution in [2.24, 2.45) is 5.92 Å². The molecular formula is C15H19NO3. The smallest absolute Gasteiger partial charge is 0.224 e. The van der Waals surface area contributed by atoms with E-state index in [2.05, 4.69) is 5.32 Å². The number of ketones is 1. The van der Waals surface area contributed by atoms with Crippen molar-refractivity contribution < 1.29 is 14.7 Å². The fraction of sp³-hybridized carbons (Fsp3) is 0.467. The number of carbonyl (C=O) groups excluding carboxylic acids is 2. The Labute approximate surface area is 112 Å². The van der Waals surface area contributed by atoms with E-state index in [1.165, 1.54) is 0 Å². The lowest BCUT2D eigenvalue weighted by atomic mass is 9.83. The Kier molecular flexibility index (Phi) is 4.68. The molecule has 4 heteroatoms. The van der Waals surface area contributed by atoms with Crippen LogP contribution in [0.4, 0.5) is 0 Å². The summed E-state index contributed by atoms with van der Waals surface area (Å²) < 4.78 is 0. The molecule has 0 aromatic heterocycles. The van der Waals surface area contributed by atoms with E-state index in [-0.39, 0.29) is 30.1 Å². The van der Waals surface area contributed by atoms with Crippen LogP contribution in [0.5, 0.6) is 0 Å². The Bertz CT molecular complexity index is 436. The van der Waals surface area contributed by atoms with Gasteiger partial charge in [-0.3, -0.25) is 9.59 Å². The molecule has 0 heterocycles. The van der Waals surface area contributed by atoms with Crippen LogP contribution < -0.4 is 5.32 Å². The number of rotatable bonds is 6. The van der Waals surface area contributed by atoms with Gasteiger partial charge in [0.05, 0.1) is 5.92 Å². The molecule has 1 atom stereocenters. The van der Waals surface area contributed by atoms with Crippen molar-refractivity contribution in [3.05, 3.63) is 35.9 Å². The van der Waals surface area contributed by atoms with Gasteiger partial charge in [0, 0.05) is 31.9 Å². The summed E-state index contributed by atoms with van der Waals surface area (Å²) in [6.45, 7) is 0.603. The van der Waals surface area contributed by atoms with Gasteiger partial charge in [-0.2, -0.15) is 0 Å². The van der Waals surface area contributed by atoms with Crippen LogP contribution in [0.1, 0.15) is 30.7 Å². The zero-order chi connectivity index (χ0) is 13.7. The summed E-state index contributed by atoms with van der Waals surface area (Å²) in [7, 11) is 0. The van der Waals surface area contributed by atoms with Gasteiger partial charge in [-0.25, -0.2) is 0 Å². The molecular weight excluding hydrogens is 242 g/mol. The Morgan fingerprint density at radius 1 is 1.32 bits per heavy atom. The van der Waals surface area contributed by atoms with E-state index >= 15 is 0 Å². The van der Waals surface area contributed by atoms with Crippen LogP contribution in [0.3, 0.4) is 0 Å². The lowest BCUT2D eigenvalue weighted by molar-refractivity contribution is -0.138. The van der Waals surface area contributed by atoms with Crippen molar-refractivity contribution >= 4 is 11.7 Å². The molecule has 2 N–H and O–H groups in total. The molecule has 1 unspecified atom stereocenters. The SMILES string of the molecule is O=C1CC(C(=O)NCC(CCO)c2ccccc2)C1. The molecule has 1 saturated carbocycles. The second-order valence-electron chi connectivity index (χ2n) is 5.01. The summed E-state index contributed by atoms with van der Waals surface area (Å²) in [6.07, 6.45) is 1.37. The molecule has 1 aromatic carbocycles. The van der Waals surface area contributed by atoms with Crippen LogP contribution >= 0.6 is 0 Å². The third-order valence-corrected chi connectivity index (χ3v) is 3.59. The molecule has 0 spiro atoms. The maximum atomic E-state index is 11.8. The molecule has 102 valence electrons. The molecule has 19 heavy (non-hydrogen) atoms. The van der Waals surface area contributed by atoms with Gasteiger partial charge < -0.3 is 10.4 Å². The summed E-state index contributed by atoms with van der Waals surface area (Å²) in [5.74, 6) is 0.0950. The minimum atomic E-state index is -0.141. The normalized spacial score (nSPS) is 16.8. The van der Waals surface area contributed by atoms with E-state index in [4.69, 9.17) is 5.11 Å². The maximum absolute atomic E-state index is 11.8. The van der Waals surface area contributed by atoms with E-state index in [0.717, 1.165) is 5.56 Å². The van der Waals surface area contributed by atoms with Crippen molar-refractivity contribution in [2.45, 2.75) is 25.2 Å². The number of amides is 1. The number of aliphatic hydroxyl groups excluding tert-OH is 1. The first-order chi connectivity index (χ1) is 9.20. The molecule has 1 aliphatic carbocycles. The average Bonchev–Trinajstić information content (AvgIpc) is 2.40. The van der Waals surface area contributed by atoms with Crippen LogP contribution in [0.15, 0.2) is 30.3 Å². The van der Waals surface area contributed by atoms with Crippen LogP contribution in [0.2, 0.25) is 0 Å². The number of aliphatic hydroxyl groups is 1. The van der Waals surface area contributed by atoms with E-state index in [1.54, 1.807) is 0 Å². The van der Waals surface area contributed by atoms with E-state index in [1.807, 2.05) is 30.3 Å². The third-order valence-electron chi connectivity index (χ3n) is 3.59. The summed E-state index contributed by atoms with van der Waals surface area (Å²) in [4.78, 5) is 22.6. The van der Waals surface area contributed by atoms with E-state index < -0.39 is 0 Å².